The zero-order valence-electron chi connectivity index (χ0n) is 8.91. The maximum atomic E-state index is 6.19. The number of anilines is 1. The third-order valence-electron chi connectivity index (χ3n) is 3.53. The molecule has 4 heteroatoms. The molecule has 0 aromatic carbocycles. The number of hydrogen-bond acceptors (Lipinski definition) is 3. The van der Waals surface area contributed by atoms with Gasteiger partial charge in [-0.1, -0.05) is 12.8 Å². The molecule has 1 saturated carbocycles. The number of aromatic nitrogens is 2. The molecule has 0 bridgehead atoms. The van der Waals surface area contributed by atoms with E-state index < -0.39 is 0 Å². The van der Waals surface area contributed by atoms with Gasteiger partial charge >= 0.3 is 0 Å². The van der Waals surface area contributed by atoms with Gasteiger partial charge in [0.05, 0.1) is 11.7 Å². The van der Waals surface area contributed by atoms with Gasteiger partial charge in [-0.15, -0.1) is 0 Å². The summed E-state index contributed by atoms with van der Waals surface area (Å²) in [5.74, 6) is 3.21. The quantitative estimate of drug-likeness (QED) is 0.795. The van der Waals surface area contributed by atoms with Gasteiger partial charge in [-0.3, -0.25) is 0 Å². The van der Waals surface area contributed by atoms with E-state index in [-0.39, 0.29) is 0 Å². The molecule has 0 unspecified atom stereocenters. The Balaban J connectivity index is 1.97. The highest BCUT2D eigenvalue weighted by molar-refractivity contribution is 7.98. The minimum Gasteiger partial charge on any atom is -0.384 e. The first kappa shape index (κ1) is 9.58. The van der Waals surface area contributed by atoms with Crippen LogP contribution in [0.4, 0.5) is 5.82 Å². The van der Waals surface area contributed by atoms with E-state index in [0.717, 1.165) is 18.0 Å². The van der Waals surface area contributed by atoms with Crippen molar-refractivity contribution >= 4 is 17.6 Å². The van der Waals surface area contributed by atoms with Crippen LogP contribution in [0.25, 0.3) is 0 Å². The van der Waals surface area contributed by atoms with E-state index in [9.17, 15) is 0 Å². The van der Waals surface area contributed by atoms with Crippen molar-refractivity contribution in [3.63, 3.8) is 0 Å². The smallest absolute Gasteiger partial charge is 0.126 e. The fraction of sp³-hybridized carbons (Fsp3) is 0.727. The van der Waals surface area contributed by atoms with E-state index in [2.05, 4.69) is 4.68 Å². The van der Waals surface area contributed by atoms with Crippen LogP contribution in [0, 0.1) is 0 Å². The average molecular weight is 223 g/mol. The van der Waals surface area contributed by atoms with Gasteiger partial charge in [-0.25, -0.2) is 4.68 Å². The van der Waals surface area contributed by atoms with Crippen molar-refractivity contribution in [1.29, 1.82) is 0 Å². The second kappa shape index (κ2) is 3.74. The number of thioether (sulfide) groups is 1. The first-order valence-corrected chi connectivity index (χ1v) is 6.95. The Morgan fingerprint density at radius 2 is 2.13 bits per heavy atom. The lowest BCUT2D eigenvalue weighted by molar-refractivity contribution is 0.470. The summed E-state index contributed by atoms with van der Waals surface area (Å²) >= 11 is 1.97. The molecule has 2 heterocycles. The van der Waals surface area contributed by atoms with Gasteiger partial charge in [-0.05, 0) is 18.6 Å². The van der Waals surface area contributed by atoms with Crippen LogP contribution >= 0.6 is 11.8 Å². The van der Waals surface area contributed by atoms with E-state index >= 15 is 0 Å². The summed E-state index contributed by atoms with van der Waals surface area (Å²) in [7, 11) is 0. The van der Waals surface area contributed by atoms with Gasteiger partial charge < -0.3 is 5.73 Å². The average Bonchev–Trinajstić information content (AvgIpc) is 2.87. The summed E-state index contributed by atoms with van der Waals surface area (Å²) < 4.78 is 2.11. The number of nitrogen functional groups attached to an aromatic ring is 1. The molecule has 2 N–H and O–H groups in total. The lowest BCUT2D eigenvalue weighted by atomic mass is 10.2. The van der Waals surface area contributed by atoms with Gasteiger partial charge in [0.25, 0.3) is 0 Å². The number of nitrogens with zero attached hydrogens (tertiary/aromatic N) is 2. The Morgan fingerprint density at radius 3 is 2.87 bits per heavy atom. The van der Waals surface area contributed by atoms with Crippen molar-refractivity contribution in [3.8, 4) is 0 Å². The van der Waals surface area contributed by atoms with Crippen LogP contribution in [0.1, 0.15) is 43.0 Å². The van der Waals surface area contributed by atoms with Crippen molar-refractivity contribution in [2.75, 3.05) is 11.5 Å². The molecule has 82 valence electrons. The van der Waals surface area contributed by atoms with Crippen LogP contribution in [0.15, 0.2) is 0 Å². The van der Waals surface area contributed by atoms with Gasteiger partial charge in [0.15, 0.2) is 0 Å². The molecule has 3 rings (SSSR count). The van der Waals surface area contributed by atoms with Gasteiger partial charge in [0.1, 0.15) is 5.82 Å². The van der Waals surface area contributed by atoms with Crippen LogP contribution in [0.5, 0.6) is 0 Å². The maximum absolute atomic E-state index is 6.19. The summed E-state index contributed by atoms with van der Waals surface area (Å²) in [6.07, 6.45) is 6.30. The molecule has 0 saturated heterocycles. The zero-order valence-corrected chi connectivity index (χ0v) is 9.72. The molecule has 1 aromatic rings. The Hall–Kier alpha value is -0.640. The lowest BCUT2D eigenvalue weighted by Gasteiger charge is -2.12. The highest BCUT2D eigenvalue weighted by Gasteiger charge is 2.25. The summed E-state index contributed by atoms with van der Waals surface area (Å²) in [5.41, 5.74) is 8.77. The maximum Gasteiger partial charge on any atom is 0.126 e. The number of fused-ring (bicyclic) bond motifs is 1. The molecule has 0 spiro atoms. The van der Waals surface area contributed by atoms with Crippen molar-refractivity contribution in [2.45, 2.75) is 43.9 Å². The predicted octanol–water partition coefficient (Wildman–Crippen LogP) is 2.37. The standard InChI is InChI=1S/C11H17N3S/c12-11-9-7-15-6-5-10(9)13-14(11)8-3-1-2-4-8/h8H,1-7,12H2. The van der Waals surface area contributed by atoms with Crippen molar-refractivity contribution in [2.24, 2.45) is 0 Å². The lowest BCUT2D eigenvalue weighted by Crippen LogP contribution is -2.10. The van der Waals surface area contributed by atoms with Gasteiger partial charge in [0.2, 0.25) is 0 Å². The second-order valence-electron chi connectivity index (χ2n) is 4.50. The highest BCUT2D eigenvalue weighted by Crippen LogP contribution is 2.35. The molecule has 0 radical (unpaired) electrons. The fourth-order valence-electron chi connectivity index (χ4n) is 2.66. The molecule has 0 amide bonds. The first-order valence-electron chi connectivity index (χ1n) is 5.80. The number of nitrogens with two attached hydrogens (primary N) is 1. The summed E-state index contributed by atoms with van der Waals surface area (Å²) in [6.45, 7) is 0. The van der Waals surface area contributed by atoms with Crippen LogP contribution in [-0.2, 0) is 12.2 Å². The minimum absolute atomic E-state index is 0.584. The number of hydrogen-bond donors (Lipinski definition) is 1. The molecular formula is C11H17N3S. The molecule has 2 aliphatic rings. The van der Waals surface area contributed by atoms with E-state index in [0.29, 0.717) is 6.04 Å². The molecule has 1 aromatic heterocycles. The third-order valence-corrected chi connectivity index (χ3v) is 4.52. The molecular weight excluding hydrogens is 206 g/mol. The van der Waals surface area contributed by atoms with Crippen LogP contribution < -0.4 is 5.73 Å². The molecule has 1 aliphatic carbocycles. The highest BCUT2D eigenvalue weighted by atomic mass is 32.2. The summed E-state index contributed by atoms with van der Waals surface area (Å²) in [6, 6.07) is 0.584. The Kier molecular flexibility index (Phi) is 2.39. The number of aryl methyl sites for hydroxylation is 1. The van der Waals surface area contributed by atoms with E-state index in [1.807, 2.05) is 11.8 Å². The third kappa shape index (κ3) is 1.55. The van der Waals surface area contributed by atoms with Crippen LogP contribution in [0.2, 0.25) is 0 Å². The van der Waals surface area contributed by atoms with Crippen molar-refractivity contribution in [3.05, 3.63) is 11.3 Å². The zero-order chi connectivity index (χ0) is 10.3. The Bertz CT molecular complexity index is 366. The fourth-order valence-corrected chi connectivity index (χ4v) is 3.66. The monoisotopic (exact) mass is 223 g/mol. The molecule has 0 atom stereocenters. The van der Waals surface area contributed by atoms with E-state index in [1.165, 1.54) is 42.7 Å². The molecule has 15 heavy (non-hydrogen) atoms. The molecule has 3 nitrogen and oxygen atoms in total. The summed E-state index contributed by atoms with van der Waals surface area (Å²) in [4.78, 5) is 0. The van der Waals surface area contributed by atoms with Gasteiger partial charge in [-0.2, -0.15) is 16.9 Å². The molecule has 1 fully saturated rings. The largest absolute Gasteiger partial charge is 0.384 e. The Labute approximate surface area is 94.4 Å². The van der Waals surface area contributed by atoms with Crippen LogP contribution in [-0.4, -0.2) is 15.5 Å². The van der Waals surface area contributed by atoms with E-state index in [1.54, 1.807) is 0 Å². The normalized spacial score (nSPS) is 21.9. The predicted molar refractivity (Wildman–Crippen MR) is 64.0 cm³/mol. The topological polar surface area (TPSA) is 43.8 Å². The van der Waals surface area contributed by atoms with Crippen molar-refractivity contribution in [1.82, 2.24) is 9.78 Å². The summed E-state index contributed by atoms with van der Waals surface area (Å²) in [5, 5.41) is 4.71. The van der Waals surface area contributed by atoms with E-state index in [4.69, 9.17) is 10.8 Å². The Morgan fingerprint density at radius 1 is 1.33 bits per heavy atom. The minimum atomic E-state index is 0.584. The van der Waals surface area contributed by atoms with Crippen LogP contribution in [0.3, 0.4) is 0 Å². The second-order valence-corrected chi connectivity index (χ2v) is 5.60. The van der Waals surface area contributed by atoms with Crippen molar-refractivity contribution < 1.29 is 0 Å². The SMILES string of the molecule is Nc1c2c(nn1C1CCCC1)CCSC2. The molecule has 1 aliphatic heterocycles. The van der Waals surface area contributed by atoms with Gasteiger partial charge in [0, 0.05) is 17.7 Å². The first-order chi connectivity index (χ1) is 7.36. The number of rotatable bonds is 1.